The van der Waals surface area contributed by atoms with E-state index in [2.05, 4.69) is 4.98 Å². The maximum atomic E-state index is 13.6. The van der Waals surface area contributed by atoms with Crippen LogP contribution >= 0.6 is 0 Å². The number of benzene rings is 1. The van der Waals surface area contributed by atoms with E-state index in [1.54, 1.807) is 18.3 Å². The van der Waals surface area contributed by atoms with Gasteiger partial charge in [-0.15, -0.1) is 0 Å². The molecule has 0 spiro atoms. The quantitative estimate of drug-likeness (QED) is 0.883. The van der Waals surface area contributed by atoms with E-state index in [4.69, 9.17) is 0 Å². The molecule has 1 aromatic heterocycles. The lowest BCUT2D eigenvalue weighted by Crippen LogP contribution is -2.27. The molecule has 0 bridgehead atoms. The molecule has 5 heteroatoms. The maximum Gasteiger partial charge on any atom is 0.264 e. The molecule has 0 radical (unpaired) electrons. The molecule has 1 N–H and O–H groups in total. The summed E-state index contributed by atoms with van der Waals surface area (Å²) in [5, 5.41) is 9.55. The van der Waals surface area contributed by atoms with Crippen LogP contribution in [0.25, 0.3) is 0 Å². The zero-order valence-electron chi connectivity index (χ0n) is 9.67. The van der Waals surface area contributed by atoms with Crippen molar-refractivity contribution >= 4 is 11.6 Å². The number of aromatic hydroxyl groups is 1. The molecule has 0 aliphatic heterocycles. The first-order valence-corrected chi connectivity index (χ1v) is 5.27. The number of anilines is 1. The Balaban J connectivity index is 2.38. The molecule has 0 fully saturated rings. The summed E-state index contributed by atoms with van der Waals surface area (Å²) in [6, 6.07) is 7.08. The normalized spacial score (nSPS) is 10.1. The zero-order chi connectivity index (χ0) is 13.1. The number of hydrogen-bond acceptors (Lipinski definition) is 3. The van der Waals surface area contributed by atoms with Crippen LogP contribution < -0.4 is 4.90 Å². The number of rotatable bonds is 2. The van der Waals surface area contributed by atoms with Crippen LogP contribution in [0.5, 0.6) is 5.75 Å². The molecule has 2 rings (SSSR count). The van der Waals surface area contributed by atoms with Gasteiger partial charge < -0.3 is 10.0 Å². The van der Waals surface area contributed by atoms with E-state index in [9.17, 15) is 14.3 Å². The first-order chi connectivity index (χ1) is 8.61. The third-order valence-corrected chi connectivity index (χ3v) is 2.54. The topological polar surface area (TPSA) is 53.4 Å². The summed E-state index contributed by atoms with van der Waals surface area (Å²) in [5.74, 6) is -1.76. The van der Waals surface area contributed by atoms with Crippen LogP contribution in [0.4, 0.5) is 10.1 Å². The zero-order valence-corrected chi connectivity index (χ0v) is 9.67. The molecule has 0 aliphatic carbocycles. The van der Waals surface area contributed by atoms with Gasteiger partial charge in [0.15, 0.2) is 0 Å². The van der Waals surface area contributed by atoms with Crippen LogP contribution in [0.1, 0.15) is 10.4 Å². The molecule has 0 saturated heterocycles. The van der Waals surface area contributed by atoms with Gasteiger partial charge in [0.05, 0.1) is 11.9 Å². The Kier molecular flexibility index (Phi) is 3.23. The maximum absolute atomic E-state index is 13.6. The second kappa shape index (κ2) is 4.83. The molecular weight excluding hydrogens is 235 g/mol. The molecule has 1 amide bonds. The number of aromatic nitrogens is 1. The standard InChI is InChI=1S/C13H11FN2O2/c1-16(9-4-3-7-15-8-9)13(18)12-10(14)5-2-6-11(12)17/h2-8,17H,1H3. The van der Waals surface area contributed by atoms with Gasteiger partial charge in [0, 0.05) is 13.2 Å². The van der Waals surface area contributed by atoms with Gasteiger partial charge in [0.1, 0.15) is 17.1 Å². The number of phenolic OH excluding ortho intramolecular Hbond substituents is 1. The van der Waals surface area contributed by atoms with Crippen LogP contribution in [0, 0.1) is 5.82 Å². The van der Waals surface area contributed by atoms with Crippen molar-refractivity contribution < 1.29 is 14.3 Å². The van der Waals surface area contributed by atoms with E-state index in [-0.39, 0.29) is 11.3 Å². The molecule has 0 aliphatic rings. The number of pyridine rings is 1. The lowest BCUT2D eigenvalue weighted by molar-refractivity contribution is 0.0986. The Morgan fingerprint density at radius 1 is 1.33 bits per heavy atom. The number of halogens is 1. The molecule has 2 aromatic rings. The van der Waals surface area contributed by atoms with Gasteiger partial charge in [0.2, 0.25) is 0 Å². The second-order valence-electron chi connectivity index (χ2n) is 3.71. The van der Waals surface area contributed by atoms with E-state index in [1.807, 2.05) is 0 Å². The van der Waals surface area contributed by atoms with Crippen LogP contribution in [-0.2, 0) is 0 Å². The summed E-state index contributed by atoms with van der Waals surface area (Å²) >= 11 is 0. The fraction of sp³-hybridized carbons (Fsp3) is 0.0769. The minimum atomic E-state index is -0.754. The number of amides is 1. The first kappa shape index (κ1) is 12.0. The number of nitrogens with zero attached hydrogens (tertiary/aromatic N) is 2. The summed E-state index contributed by atoms with van der Waals surface area (Å²) in [7, 11) is 1.49. The van der Waals surface area contributed by atoms with Crippen molar-refractivity contribution in [3.63, 3.8) is 0 Å². The Labute approximate surface area is 103 Å². The molecule has 18 heavy (non-hydrogen) atoms. The van der Waals surface area contributed by atoms with Gasteiger partial charge in [-0.05, 0) is 24.3 Å². The Bertz CT molecular complexity index is 552. The van der Waals surface area contributed by atoms with Crippen molar-refractivity contribution in [3.8, 4) is 5.75 Å². The predicted octanol–water partition coefficient (Wildman–Crippen LogP) is 2.20. The van der Waals surface area contributed by atoms with E-state index in [1.165, 1.54) is 30.3 Å². The van der Waals surface area contributed by atoms with Gasteiger partial charge in [-0.1, -0.05) is 6.07 Å². The largest absolute Gasteiger partial charge is 0.507 e. The number of carbonyl (C=O) groups is 1. The smallest absolute Gasteiger partial charge is 0.264 e. The van der Waals surface area contributed by atoms with Gasteiger partial charge in [-0.25, -0.2) is 4.39 Å². The van der Waals surface area contributed by atoms with E-state index < -0.39 is 11.7 Å². The van der Waals surface area contributed by atoms with Gasteiger partial charge in [-0.2, -0.15) is 0 Å². The summed E-state index contributed by atoms with van der Waals surface area (Å²) in [6.45, 7) is 0. The fourth-order valence-electron chi connectivity index (χ4n) is 1.56. The summed E-state index contributed by atoms with van der Waals surface area (Å²) in [6.07, 6.45) is 3.05. The van der Waals surface area contributed by atoms with Crippen LogP contribution in [-0.4, -0.2) is 23.0 Å². The Hall–Kier alpha value is -2.43. The number of carbonyl (C=O) groups excluding carboxylic acids is 1. The highest BCUT2D eigenvalue weighted by molar-refractivity contribution is 6.07. The Morgan fingerprint density at radius 3 is 2.72 bits per heavy atom. The van der Waals surface area contributed by atoms with E-state index >= 15 is 0 Å². The fourth-order valence-corrected chi connectivity index (χ4v) is 1.56. The number of phenols is 1. The second-order valence-corrected chi connectivity index (χ2v) is 3.71. The summed E-state index contributed by atoms with van der Waals surface area (Å²) in [4.78, 5) is 17.2. The van der Waals surface area contributed by atoms with Crippen molar-refractivity contribution in [1.29, 1.82) is 0 Å². The van der Waals surface area contributed by atoms with E-state index in [0.717, 1.165) is 6.07 Å². The predicted molar refractivity (Wildman–Crippen MR) is 65.0 cm³/mol. The van der Waals surface area contributed by atoms with Gasteiger partial charge >= 0.3 is 0 Å². The van der Waals surface area contributed by atoms with Gasteiger partial charge in [-0.3, -0.25) is 9.78 Å². The molecule has 0 atom stereocenters. The average molecular weight is 246 g/mol. The lowest BCUT2D eigenvalue weighted by Gasteiger charge is -2.17. The van der Waals surface area contributed by atoms with E-state index in [0.29, 0.717) is 5.69 Å². The molecule has 1 aromatic carbocycles. The molecule has 4 nitrogen and oxygen atoms in total. The molecule has 92 valence electrons. The van der Waals surface area contributed by atoms with Crippen molar-refractivity contribution in [2.45, 2.75) is 0 Å². The minimum absolute atomic E-state index is 0.344. The minimum Gasteiger partial charge on any atom is -0.507 e. The Morgan fingerprint density at radius 2 is 2.11 bits per heavy atom. The van der Waals surface area contributed by atoms with Crippen molar-refractivity contribution in [2.24, 2.45) is 0 Å². The average Bonchev–Trinajstić information content (AvgIpc) is 2.38. The van der Waals surface area contributed by atoms with Crippen molar-refractivity contribution in [2.75, 3.05) is 11.9 Å². The lowest BCUT2D eigenvalue weighted by atomic mass is 10.1. The molecule has 0 saturated carbocycles. The highest BCUT2D eigenvalue weighted by atomic mass is 19.1. The SMILES string of the molecule is CN(C(=O)c1c(O)cccc1F)c1cccnc1. The van der Waals surface area contributed by atoms with Crippen LogP contribution in [0.3, 0.4) is 0 Å². The summed E-state index contributed by atoms with van der Waals surface area (Å²) in [5.41, 5.74) is 0.175. The van der Waals surface area contributed by atoms with Crippen molar-refractivity contribution in [1.82, 2.24) is 4.98 Å². The monoisotopic (exact) mass is 246 g/mol. The first-order valence-electron chi connectivity index (χ1n) is 5.27. The molecule has 0 unspecified atom stereocenters. The molecule has 1 heterocycles. The third kappa shape index (κ3) is 2.15. The highest BCUT2D eigenvalue weighted by Crippen LogP contribution is 2.23. The van der Waals surface area contributed by atoms with Crippen LogP contribution in [0.2, 0.25) is 0 Å². The summed E-state index contributed by atoms with van der Waals surface area (Å²) < 4.78 is 13.6. The number of hydrogen-bond donors (Lipinski definition) is 1. The van der Waals surface area contributed by atoms with Crippen LogP contribution in [0.15, 0.2) is 42.7 Å². The van der Waals surface area contributed by atoms with Crippen molar-refractivity contribution in [3.05, 3.63) is 54.1 Å². The third-order valence-electron chi connectivity index (χ3n) is 2.54. The highest BCUT2D eigenvalue weighted by Gasteiger charge is 2.21. The molecular formula is C13H11FN2O2. The van der Waals surface area contributed by atoms with Gasteiger partial charge in [0.25, 0.3) is 5.91 Å².